The molecule has 2 fully saturated rings. The van der Waals surface area contributed by atoms with Crippen molar-refractivity contribution in [3.63, 3.8) is 0 Å². The Kier molecular flexibility index (Phi) is 5.12. The molecule has 0 bridgehead atoms. The maximum absolute atomic E-state index is 12.9. The van der Waals surface area contributed by atoms with E-state index < -0.39 is 12.0 Å². The highest BCUT2D eigenvalue weighted by Crippen LogP contribution is 2.40. The molecule has 3 atom stereocenters. The zero-order chi connectivity index (χ0) is 15.6. The van der Waals surface area contributed by atoms with Gasteiger partial charge in [0.1, 0.15) is 6.04 Å². The van der Waals surface area contributed by atoms with Gasteiger partial charge in [0.15, 0.2) is 0 Å². The molecule has 0 radical (unpaired) electrons. The Labute approximate surface area is 127 Å². The summed E-state index contributed by atoms with van der Waals surface area (Å²) in [4.78, 5) is 28.1. The zero-order valence-corrected chi connectivity index (χ0v) is 13.4. The summed E-state index contributed by atoms with van der Waals surface area (Å²) in [5.74, 6) is -0.475. The normalized spacial score (nSPS) is 28.6. The van der Waals surface area contributed by atoms with Crippen LogP contribution in [0.25, 0.3) is 0 Å². The Balaban J connectivity index is 2.23. The summed E-state index contributed by atoms with van der Waals surface area (Å²) in [6, 6.07) is -0.475. The lowest BCUT2D eigenvalue weighted by molar-refractivity contribution is -0.141. The molecule has 0 aromatic heterocycles. The maximum atomic E-state index is 12.9. The molecule has 0 spiro atoms. The second-order valence-electron chi connectivity index (χ2n) is 6.68. The van der Waals surface area contributed by atoms with Gasteiger partial charge in [-0.1, -0.05) is 19.8 Å². The van der Waals surface area contributed by atoms with E-state index in [0.717, 1.165) is 25.7 Å². The van der Waals surface area contributed by atoms with Crippen molar-refractivity contribution < 1.29 is 14.7 Å². The lowest BCUT2D eigenvalue weighted by Gasteiger charge is -2.38. The van der Waals surface area contributed by atoms with Crippen LogP contribution < -0.4 is 0 Å². The van der Waals surface area contributed by atoms with Gasteiger partial charge in [-0.3, -0.25) is 0 Å². The Hall–Kier alpha value is -1.26. The summed E-state index contributed by atoms with van der Waals surface area (Å²) in [6.07, 6.45) is 5.81. The van der Waals surface area contributed by atoms with Crippen LogP contribution in [0.5, 0.6) is 0 Å². The molecule has 2 rings (SSSR count). The number of carbonyl (C=O) groups excluding carboxylic acids is 1. The van der Waals surface area contributed by atoms with Crippen molar-refractivity contribution in [1.82, 2.24) is 9.80 Å². The van der Waals surface area contributed by atoms with Crippen molar-refractivity contribution in [3.05, 3.63) is 0 Å². The second kappa shape index (κ2) is 6.67. The van der Waals surface area contributed by atoms with Gasteiger partial charge in [-0.15, -0.1) is 0 Å². The van der Waals surface area contributed by atoms with Gasteiger partial charge >= 0.3 is 12.0 Å². The zero-order valence-electron chi connectivity index (χ0n) is 13.4. The molecule has 1 aliphatic carbocycles. The average Bonchev–Trinajstić information content (AvgIpc) is 2.83. The third-order valence-corrected chi connectivity index (χ3v) is 4.93. The Bertz CT molecular complexity index is 397. The first-order valence-electron chi connectivity index (χ1n) is 8.29. The number of urea groups is 1. The van der Waals surface area contributed by atoms with Gasteiger partial charge in [-0.05, 0) is 45.4 Å². The summed E-state index contributed by atoms with van der Waals surface area (Å²) in [5.41, 5.74) is 0. The maximum Gasteiger partial charge on any atom is 0.326 e. The van der Waals surface area contributed by atoms with Gasteiger partial charge in [-0.2, -0.15) is 0 Å². The molecule has 1 aliphatic heterocycles. The van der Waals surface area contributed by atoms with Crippen molar-refractivity contribution in [2.45, 2.75) is 77.4 Å². The Morgan fingerprint density at radius 2 is 1.95 bits per heavy atom. The first kappa shape index (κ1) is 16.1. The van der Waals surface area contributed by atoms with Crippen LogP contribution in [0.2, 0.25) is 0 Å². The first-order chi connectivity index (χ1) is 9.97. The van der Waals surface area contributed by atoms with Crippen LogP contribution in [0.1, 0.15) is 59.3 Å². The van der Waals surface area contributed by atoms with Crippen molar-refractivity contribution in [3.8, 4) is 0 Å². The molecule has 0 aromatic carbocycles. The largest absolute Gasteiger partial charge is 0.480 e. The second-order valence-corrected chi connectivity index (χ2v) is 6.68. The summed E-state index contributed by atoms with van der Waals surface area (Å²) in [6.45, 7) is 6.73. The lowest BCUT2D eigenvalue weighted by Crippen LogP contribution is -2.54. The van der Waals surface area contributed by atoms with Crippen LogP contribution in [-0.4, -0.2) is 51.6 Å². The number of hydrogen-bond donors (Lipinski definition) is 1. The van der Waals surface area contributed by atoms with Crippen LogP contribution >= 0.6 is 0 Å². The molecule has 1 N–H and O–H groups in total. The summed E-state index contributed by atoms with van der Waals surface area (Å²) >= 11 is 0. The van der Waals surface area contributed by atoms with Gasteiger partial charge in [0.05, 0.1) is 0 Å². The smallest absolute Gasteiger partial charge is 0.326 e. The Morgan fingerprint density at radius 1 is 1.29 bits per heavy atom. The third-order valence-electron chi connectivity index (χ3n) is 4.93. The Morgan fingerprint density at radius 3 is 2.52 bits per heavy atom. The number of fused-ring (bicyclic) bond motifs is 1. The van der Waals surface area contributed by atoms with Gasteiger partial charge in [0, 0.05) is 18.6 Å². The summed E-state index contributed by atoms with van der Waals surface area (Å²) in [7, 11) is 0. The van der Waals surface area contributed by atoms with Crippen molar-refractivity contribution >= 4 is 12.0 Å². The highest BCUT2D eigenvalue weighted by molar-refractivity contribution is 5.84. The molecule has 5 heteroatoms. The highest BCUT2D eigenvalue weighted by atomic mass is 16.4. The first-order valence-corrected chi connectivity index (χ1v) is 8.29. The van der Waals surface area contributed by atoms with E-state index in [1.807, 2.05) is 25.7 Å². The van der Waals surface area contributed by atoms with Crippen LogP contribution in [-0.2, 0) is 4.79 Å². The van der Waals surface area contributed by atoms with E-state index in [1.165, 1.54) is 6.42 Å². The van der Waals surface area contributed by atoms with E-state index >= 15 is 0 Å². The van der Waals surface area contributed by atoms with Crippen molar-refractivity contribution in [2.24, 2.45) is 5.92 Å². The van der Waals surface area contributed by atoms with Gasteiger partial charge in [-0.25, -0.2) is 9.59 Å². The molecule has 2 aliphatic rings. The van der Waals surface area contributed by atoms with Crippen LogP contribution in [0.3, 0.4) is 0 Å². The van der Waals surface area contributed by atoms with E-state index in [0.29, 0.717) is 18.9 Å². The quantitative estimate of drug-likeness (QED) is 0.867. The number of amides is 2. The van der Waals surface area contributed by atoms with E-state index in [1.54, 1.807) is 4.90 Å². The standard InChI is InChI=1S/C16H28N2O3/c1-4-9-17(11(2)3)16(21)18-13-8-6-5-7-12(13)10-14(18)15(19)20/h11-14H,4-10H2,1-3H3,(H,19,20). The van der Waals surface area contributed by atoms with Crippen LogP contribution in [0, 0.1) is 5.92 Å². The fourth-order valence-corrected chi connectivity index (χ4v) is 3.92. The molecule has 1 saturated carbocycles. The monoisotopic (exact) mass is 296 g/mol. The minimum absolute atomic E-state index is 0.0753. The molecular formula is C16H28N2O3. The van der Waals surface area contributed by atoms with E-state index in [2.05, 4.69) is 0 Å². The fourth-order valence-electron chi connectivity index (χ4n) is 3.92. The molecule has 1 heterocycles. The summed E-state index contributed by atoms with van der Waals surface area (Å²) < 4.78 is 0. The number of likely N-dealkylation sites (tertiary alicyclic amines) is 1. The molecule has 5 nitrogen and oxygen atoms in total. The molecule has 21 heavy (non-hydrogen) atoms. The van der Waals surface area contributed by atoms with Crippen molar-refractivity contribution in [1.29, 1.82) is 0 Å². The molecule has 0 aromatic rings. The highest BCUT2D eigenvalue weighted by Gasteiger charge is 2.48. The third kappa shape index (κ3) is 3.16. The molecule has 1 saturated heterocycles. The van der Waals surface area contributed by atoms with E-state index in [9.17, 15) is 14.7 Å². The summed E-state index contributed by atoms with van der Waals surface area (Å²) in [5, 5.41) is 9.52. The number of carbonyl (C=O) groups is 2. The number of carboxylic acids is 1. The van der Waals surface area contributed by atoms with Crippen LogP contribution in [0.15, 0.2) is 0 Å². The predicted molar refractivity (Wildman–Crippen MR) is 81.2 cm³/mol. The van der Waals surface area contributed by atoms with E-state index in [-0.39, 0.29) is 18.1 Å². The van der Waals surface area contributed by atoms with E-state index in [4.69, 9.17) is 0 Å². The number of aliphatic carboxylic acids is 1. The average molecular weight is 296 g/mol. The number of hydrogen-bond acceptors (Lipinski definition) is 2. The number of carboxylic acid groups (broad SMARTS) is 1. The fraction of sp³-hybridized carbons (Fsp3) is 0.875. The molecular weight excluding hydrogens is 268 g/mol. The van der Waals surface area contributed by atoms with Crippen molar-refractivity contribution in [2.75, 3.05) is 6.54 Å². The topological polar surface area (TPSA) is 60.9 Å². The minimum Gasteiger partial charge on any atom is -0.480 e. The van der Waals surface area contributed by atoms with Gasteiger partial charge < -0.3 is 14.9 Å². The van der Waals surface area contributed by atoms with Gasteiger partial charge in [0.2, 0.25) is 0 Å². The SMILES string of the molecule is CCCN(C(=O)N1C(C(=O)O)CC2CCCCC21)C(C)C. The molecule has 3 unspecified atom stereocenters. The lowest BCUT2D eigenvalue weighted by atomic mass is 9.85. The number of rotatable bonds is 4. The minimum atomic E-state index is -0.849. The number of nitrogens with zero attached hydrogens (tertiary/aromatic N) is 2. The van der Waals surface area contributed by atoms with Gasteiger partial charge in [0.25, 0.3) is 0 Å². The molecule has 2 amide bonds. The van der Waals surface area contributed by atoms with Crippen LogP contribution in [0.4, 0.5) is 4.79 Å². The molecule has 120 valence electrons. The predicted octanol–water partition coefficient (Wildman–Crippen LogP) is 2.94.